The summed E-state index contributed by atoms with van der Waals surface area (Å²) in [5, 5.41) is 3.91. The number of aromatic nitrogens is 2. The predicted molar refractivity (Wildman–Crippen MR) is 111 cm³/mol. The number of imidazole rings is 1. The first-order valence-electron chi connectivity index (χ1n) is 9.42. The standard InChI is InChI=1S/C22H23N3O2S/c1-15-19(13-16-7-3-2-4-8-16)25-22(23-15)28-14-21(26)24-18-11-12-27-20-10-6-5-9-17(18)20/h2-10,18H,11-14H2,1H3,(H,23,25)(H,24,26)/t18-/m1/s1. The van der Waals surface area contributed by atoms with E-state index in [1.54, 1.807) is 0 Å². The second kappa shape index (κ2) is 8.52. The van der Waals surface area contributed by atoms with E-state index in [0.717, 1.165) is 40.7 Å². The number of thioether (sulfide) groups is 1. The number of nitrogens with one attached hydrogen (secondary N) is 2. The van der Waals surface area contributed by atoms with E-state index in [2.05, 4.69) is 27.4 Å². The van der Waals surface area contributed by atoms with Gasteiger partial charge in [0.1, 0.15) is 5.75 Å². The molecule has 144 valence electrons. The van der Waals surface area contributed by atoms with E-state index in [9.17, 15) is 4.79 Å². The zero-order valence-electron chi connectivity index (χ0n) is 15.8. The summed E-state index contributed by atoms with van der Waals surface area (Å²) in [6.07, 6.45) is 1.57. The van der Waals surface area contributed by atoms with E-state index in [1.165, 1.54) is 17.3 Å². The van der Waals surface area contributed by atoms with Crippen LogP contribution in [0.25, 0.3) is 0 Å². The van der Waals surface area contributed by atoms with E-state index < -0.39 is 0 Å². The molecule has 0 unspecified atom stereocenters. The maximum atomic E-state index is 12.5. The summed E-state index contributed by atoms with van der Waals surface area (Å²) >= 11 is 1.43. The van der Waals surface area contributed by atoms with E-state index >= 15 is 0 Å². The normalized spacial score (nSPS) is 15.5. The number of nitrogens with zero attached hydrogens (tertiary/aromatic N) is 1. The van der Waals surface area contributed by atoms with Crippen molar-refractivity contribution < 1.29 is 9.53 Å². The number of fused-ring (bicyclic) bond motifs is 1. The highest BCUT2D eigenvalue weighted by Crippen LogP contribution is 2.31. The molecular weight excluding hydrogens is 370 g/mol. The highest BCUT2D eigenvalue weighted by atomic mass is 32.2. The summed E-state index contributed by atoms with van der Waals surface area (Å²) in [6.45, 7) is 2.64. The molecule has 6 heteroatoms. The Balaban J connectivity index is 1.34. The lowest BCUT2D eigenvalue weighted by Gasteiger charge is -2.26. The summed E-state index contributed by atoms with van der Waals surface area (Å²) in [4.78, 5) is 20.4. The lowest BCUT2D eigenvalue weighted by Crippen LogP contribution is -2.33. The number of carbonyl (C=O) groups is 1. The number of hydrogen-bond donors (Lipinski definition) is 2. The van der Waals surface area contributed by atoms with Crippen molar-refractivity contribution in [2.24, 2.45) is 0 Å². The van der Waals surface area contributed by atoms with E-state index in [0.29, 0.717) is 12.4 Å². The third kappa shape index (κ3) is 4.39. The third-order valence-corrected chi connectivity index (χ3v) is 5.69. The summed E-state index contributed by atoms with van der Waals surface area (Å²) in [7, 11) is 0. The van der Waals surface area contributed by atoms with Gasteiger partial charge in [-0.3, -0.25) is 4.79 Å². The number of para-hydroxylation sites is 1. The Morgan fingerprint density at radius 3 is 2.86 bits per heavy atom. The number of amides is 1. The van der Waals surface area contributed by atoms with Gasteiger partial charge in [0.05, 0.1) is 24.1 Å². The average molecular weight is 394 g/mol. The molecule has 0 spiro atoms. The Kier molecular flexibility index (Phi) is 5.67. The van der Waals surface area contributed by atoms with Crippen LogP contribution >= 0.6 is 11.8 Å². The Morgan fingerprint density at radius 1 is 1.21 bits per heavy atom. The monoisotopic (exact) mass is 393 g/mol. The van der Waals surface area contributed by atoms with Crippen LogP contribution in [0.5, 0.6) is 5.75 Å². The summed E-state index contributed by atoms with van der Waals surface area (Å²) in [5.74, 6) is 1.20. The molecule has 0 saturated carbocycles. The van der Waals surface area contributed by atoms with Crippen molar-refractivity contribution in [3.05, 3.63) is 77.1 Å². The summed E-state index contributed by atoms with van der Waals surface area (Å²) < 4.78 is 5.66. The fraction of sp³-hybridized carbons (Fsp3) is 0.273. The molecule has 1 aromatic heterocycles. The van der Waals surface area contributed by atoms with Crippen LogP contribution in [-0.4, -0.2) is 28.2 Å². The van der Waals surface area contributed by atoms with Crippen molar-refractivity contribution in [3.8, 4) is 5.75 Å². The molecule has 0 saturated heterocycles. The van der Waals surface area contributed by atoms with E-state index in [-0.39, 0.29) is 11.9 Å². The Bertz CT molecular complexity index is 955. The largest absolute Gasteiger partial charge is 0.493 e. The number of H-pyrrole nitrogens is 1. The zero-order valence-corrected chi connectivity index (χ0v) is 16.6. The predicted octanol–water partition coefficient (Wildman–Crippen LogP) is 4.04. The van der Waals surface area contributed by atoms with Gasteiger partial charge < -0.3 is 15.0 Å². The summed E-state index contributed by atoms with van der Waals surface area (Å²) in [6, 6.07) is 18.2. The maximum absolute atomic E-state index is 12.5. The molecule has 2 aromatic carbocycles. The van der Waals surface area contributed by atoms with E-state index in [1.807, 2.05) is 49.4 Å². The number of hydrogen-bond acceptors (Lipinski definition) is 4. The van der Waals surface area contributed by atoms with Crippen molar-refractivity contribution in [2.75, 3.05) is 12.4 Å². The molecular formula is C22H23N3O2S. The van der Waals surface area contributed by atoms with Crippen molar-refractivity contribution in [1.82, 2.24) is 15.3 Å². The highest BCUT2D eigenvalue weighted by Gasteiger charge is 2.22. The Labute approximate surface area is 168 Å². The molecule has 2 heterocycles. The van der Waals surface area contributed by atoms with Crippen molar-refractivity contribution in [3.63, 3.8) is 0 Å². The first-order valence-corrected chi connectivity index (χ1v) is 10.4. The molecule has 1 aliphatic rings. The van der Waals surface area contributed by atoms with Crippen molar-refractivity contribution in [2.45, 2.75) is 31.0 Å². The molecule has 0 aliphatic carbocycles. The molecule has 1 aliphatic heterocycles. The summed E-state index contributed by atoms with van der Waals surface area (Å²) in [5.41, 5.74) is 4.34. The van der Waals surface area contributed by atoms with Gasteiger partial charge in [-0.05, 0) is 18.6 Å². The molecule has 1 amide bonds. The van der Waals surface area contributed by atoms with Crippen LogP contribution in [0.3, 0.4) is 0 Å². The maximum Gasteiger partial charge on any atom is 0.230 e. The third-order valence-electron chi connectivity index (χ3n) is 4.81. The minimum atomic E-state index is 0.00466. The Morgan fingerprint density at radius 2 is 2.00 bits per heavy atom. The number of aromatic amines is 1. The second-order valence-electron chi connectivity index (χ2n) is 6.86. The minimum absolute atomic E-state index is 0.00466. The molecule has 2 N–H and O–H groups in total. The molecule has 5 nitrogen and oxygen atoms in total. The van der Waals surface area contributed by atoms with Crippen LogP contribution in [0, 0.1) is 6.92 Å². The highest BCUT2D eigenvalue weighted by molar-refractivity contribution is 7.99. The average Bonchev–Trinajstić information content (AvgIpc) is 3.07. The number of ether oxygens (including phenoxy) is 1. The quantitative estimate of drug-likeness (QED) is 0.620. The van der Waals surface area contributed by atoms with Gasteiger partial charge in [0, 0.05) is 24.1 Å². The number of rotatable bonds is 6. The topological polar surface area (TPSA) is 67.0 Å². The number of carbonyl (C=O) groups excluding carboxylic acids is 1. The SMILES string of the molecule is Cc1[nH]c(SCC(=O)N[C@@H]2CCOc3ccccc32)nc1Cc1ccccc1. The van der Waals surface area contributed by atoms with Crippen LogP contribution in [0.1, 0.15) is 35.0 Å². The fourth-order valence-electron chi connectivity index (χ4n) is 3.36. The van der Waals surface area contributed by atoms with Gasteiger partial charge in [-0.1, -0.05) is 60.3 Å². The Hall–Kier alpha value is -2.73. The van der Waals surface area contributed by atoms with Crippen molar-refractivity contribution >= 4 is 17.7 Å². The van der Waals surface area contributed by atoms with Gasteiger partial charge in [0.25, 0.3) is 0 Å². The zero-order chi connectivity index (χ0) is 19.3. The van der Waals surface area contributed by atoms with Gasteiger partial charge in [-0.25, -0.2) is 4.98 Å². The smallest absolute Gasteiger partial charge is 0.230 e. The van der Waals surface area contributed by atoms with Gasteiger partial charge in [0.15, 0.2) is 5.16 Å². The molecule has 28 heavy (non-hydrogen) atoms. The molecule has 0 bridgehead atoms. The van der Waals surface area contributed by atoms with Gasteiger partial charge >= 0.3 is 0 Å². The molecule has 0 radical (unpaired) electrons. The molecule has 1 atom stereocenters. The lowest BCUT2D eigenvalue weighted by molar-refractivity contribution is -0.119. The fourth-order valence-corrected chi connectivity index (χ4v) is 4.11. The molecule has 0 fully saturated rings. The molecule has 3 aromatic rings. The second-order valence-corrected chi connectivity index (χ2v) is 7.82. The van der Waals surface area contributed by atoms with Crippen LogP contribution < -0.4 is 10.1 Å². The molecule has 4 rings (SSSR count). The van der Waals surface area contributed by atoms with Crippen molar-refractivity contribution in [1.29, 1.82) is 0 Å². The van der Waals surface area contributed by atoms with Gasteiger partial charge in [-0.15, -0.1) is 0 Å². The van der Waals surface area contributed by atoms with Gasteiger partial charge in [0.2, 0.25) is 5.91 Å². The minimum Gasteiger partial charge on any atom is -0.493 e. The number of benzene rings is 2. The first-order chi connectivity index (χ1) is 13.7. The number of aryl methyl sites for hydroxylation is 1. The lowest BCUT2D eigenvalue weighted by atomic mass is 10.0. The van der Waals surface area contributed by atoms with Crippen LogP contribution in [0.2, 0.25) is 0 Å². The van der Waals surface area contributed by atoms with Gasteiger partial charge in [-0.2, -0.15) is 0 Å². The van der Waals surface area contributed by atoms with Crippen LogP contribution in [0.4, 0.5) is 0 Å². The first kappa shape index (κ1) is 18.6. The van der Waals surface area contributed by atoms with Crippen LogP contribution in [-0.2, 0) is 11.2 Å². The van der Waals surface area contributed by atoms with Crippen LogP contribution in [0.15, 0.2) is 59.8 Å². The van der Waals surface area contributed by atoms with E-state index in [4.69, 9.17) is 4.74 Å².